The Morgan fingerprint density at radius 1 is 0.404 bits per heavy atom. The van der Waals surface area contributed by atoms with E-state index in [1.165, 1.54) is 54.5 Å². The average molecular weight is 620 g/mol. The molecular formula is C44H26ClNO. The molecule has 2 nitrogen and oxygen atoms in total. The van der Waals surface area contributed by atoms with Gasteiger partial charge in [-0.2, -0.15) is 0 Å². The van der Waals surface area contributed by atoms with Crippen molar-refractivity contribution in [3.63, 3.8) is 0 Å². The summed E-state index contributed by atoms with van der Waals surface area (Å²) in [6, 6.07) is 56.1. The maximum absolute atomic E-state index is 7.05. The predicted molar refractivity (Wildman–Crippen MR) is 199 cm³/mol. The first-order valence-electron chi connectivity index (χ1n) is 15.9. The van der Waals surface area contributed by atoms with E-state index in [2.05, 4.69) is 144 Å². The molecule has 0 spiro atoms. The van der Waals surface area contributed by atoms with Crippen molar-refractivity contribution in [3.8, 4) is 27.9 Å². The van der Waals surface area contributed by atoms with E-state index in [9.17, 15) is 0 Å². The Kier molecular flexibility index (Phi) is 5.66. The Hall–Kier alpha value is -5.83. The van der Waals surface area contributed by atoms with Crippen LogP contribution < -0.4 is 0 Å². The predicted octanol–water partition coefficient (Wildman–Crippen LogP) is 13.0. The fourth-order valence-electron chi connectivity index (χ4n) is 7.68. The molecule has 0 aliphatic carbocycles. The summed E-state index contributed by atoms with van der Waals surface area (Å²) in [7, 11) is 0. The van der Waals surface area contributed by atoms with E-state index in [1.54, 1.807) is 0 Å². The zero-order valence-corrected chi connectivity index (χ0v) is 26.0. The molecule has 2 aromatic heterocycles. The lowest BCUT2D eigenvalue weighted by Crippen LogP contribution is -1.94. The highest BCUT2D eigenvalue weighted by atomic mass is 35.5. The number of furan rings is 1. The maximum Gasteiger partial charge on any atom is 0.137 e. The molecule has 0 amide bonds. The zero-order chi connectivity index (χ0) is 31.1. The summed E-state index contributed by atoms with van der Waals surface area (Å²) in [6.07, 6.45) is 0. The average Bonchev–Trinajstić information content (AvgIpc) is 3.66. The second kappa shape index (κ2) is 10.1. The van der Waals surface area contributed by atoms with Crippen molar-refractivity contribution in [1.82, 2.24) is 4.57 Å². The Morgan fingerprint density at radius 2 is 0.957 bits per heavy atom. The number of rotatable bonds is 3. The van der Waals surface area contributed by atoms with E-state index >= 15 is 0 Å². The second-order valence-corrected chi connectivity index (χ2v) is 12.6. The molecule has 8 aromatic carbocycles. The molecule has 10 aromatic rings. The van der Waals surface area contributed by atoms with Gasteiger partial charge in [0.1, 0.15) is 11.2 Å². The third-order valence-corrected chi connectivity index (χ3v) is 9.93. The molecule has 3 heteroatoms. The first-order valence-corrected chi connectivity index (χ1v) is 16.3. The second-order valence-electron chi connectivity index (χ2n) is 12.2. The molecule has 0 aliphatic heterocycles. The molecule has 2 heterocycles. The SMILES string of the molecule is Clc1cc(-c2c3ccccc3c(-c3ccc4c5ccccc5n(-c5ccccc5)c4c3)c3ccccc23)cc2oc3ccccc3c12. The lowest BCUT2D eigenvalue weighted by Gasteiger charge is -2.18. The van der Waals surface area contributed by atoms with Gasteiger partial charge in [-0.25, -0.2) is 0 Å². The van der Waals surface area contributed by atoms with Crippen LogP contribution in [0.3, 0.4) is 0 Å². The first kappa shape index (κ1) is 26.4. The summed E-state index contributed by atoms with van der Waals surface area (Å²) in [4.78, 5) is 0. The molecule has 0 aliphatic rings. The van der Waals surface area contributed by atoms with Crippen LogP contribution in [0.4, 0.5) is 0 Å². The van der Waals surface area contributed by atoms with Crippen molar-refractivity contribution >= 4 is 76.9 Å². The minimum Gasteiger partial charge on any atom is -0.456 e. The van der Waals surface area contributed by atoms with E-state index in [0.717, 1.165) is 38.8 Å². The van der Waals surface area contributed by atoms with Gasteiger partial charge in [0.15, 0.2) is 0 Å². The summed E-state index contributed by atoms with van der Waals surface area (Å²) < 4.78 is 8.73. The number of benzene rings is 8. The highest BCUT2D eigenvalue weighted by molar-refractivity contribution is 6.38. The van der Waals surface area contributed by atoms with Crippen molar-refractivity contribution in [1.29, 1.82) is 0 Å². The topological polar surface area (TPSA) is 18.1 Å². The van der Waals surface area contributed by atoms with E-state index in [4.69, 9.17) is 16.0 Å². The van der Waals surface area contributed by atoms with Crippen molar-refractivity contribution in [2.45, 2.75) is 0 Å². The molecule has 0 atom stereocenters. The van der Waals surface area contributed by atoms with Gasteiger partial charge in [-0.15, -0.1) is 0 Å². The number of aromatic nitrogens is 1. The van der Waals surface area contributed by atoms with Gasteiger partial charge in [-0.05, 0) is 86.3 Å². The van der Waals surface area contributed by atoms with Gasteiger partial charge in [-0.3, -0.25) is 0 Å². The molecule has 0 bridgehead atoms. The highest BCUT2D eigenvalue weighted by Crippen LogP contribution is 2.47. The fraction of sp³-hybridized carbons (Fsp3) is 0. The number of nitrogens with zero attached hydrogens (tertiary/aromatic N) is 1. The van der Waals surface area contributed by atoms with Crippen LogP contribution >= 0.6 is 11.6 Å². The summed E-state index contributed by atoms with van der Waals surface area (Å²) in [5, 5.41) is 9.93. The molecule has 0 saturated carbocycles. The van der Waals surface area contributed by atoms with Gasteiger partial charge in [-0.1, -0.05) is 127 Å². The van der Waals surface area contributed by atoms with Gasteiger partial charge in [0.2, 0.25) is 0 Å². The molecule has 0 saturated heterocycles. The van der Waals surface area contributed by atoms with Crippen LogP contribution in [0.15, 0.2) is 162 Å². The Labute approximate surface area is 275 Å². The third-order valence-electron chi connectivity index (χ3n) is 9.63. The summed E-state index contributed by atoms with van der Waals surface area (Å²) in [5.74, 6) is 0. The van der Waals surface area contributed by atoms with Crippen molar-refractivity contribution in [3.05, 3.63) is 163 Å². The smallest absolute Gasteiger partial charge is 0.137 e. The molecule has 0 radical (unpaired) electrons. The van der Waals surface area contributed by atoms with Crippen molar-refractivity contribution in [2.24, 2.45) is 0 Å². The minimum atomic E-state index is 0.693. The van der Waals surface area contributed by atoms with Crippen LogP contribution in [0.1, 0.15) is 0 Å². The Bertz CT molecular complexity index is 2800. The third kappa shape index (κ3) is 3.86. The number of hydrogen-bond acceptors (Lipinski definition) is 1. The van der Waals surface area contributed by atoms with Crippen LogP contribution in [-0.2, 0) is 0 Å². The van der Waals surface area contributed by atoms with Gasteiger partial charge < -0.3 is 8.98 Å². The van der Waals surface area contributed by atoms with Gasteiger partial charge in [0, 0.05) is 27.2 Å². The van der Waals surface area contributed by atoms with Crippen LogP contribution in [0.5, 0.6) is 0 Å². The minimum absolute atomic E-state index is 0.693. The van der Waals surface area contributed by atoms with E-state index in [1.807, 2.05) is 18.2 Å². The number of hydrogen-bond donors (Lipinski definition) is 0. The molecule has 10 rings (SSSR count). The normalized spacial score (nSPS) is 11.9. The number of fused-ring (bicyclic) bond motifs is 8. The van der Waals surface area contributed by atoms with Gasteiger partial charge >= 0.3 is 0 Å². The molecule has 47 heavy (non-hydrogen) atoms. The maximum atomic E-state index is 7.05. The van der Waals surface area contributed by atoms with Crippen LogP contribution in [0.25, 0.3) is 93.2 Å². The van der Waals surface area contributed by atoms with E-state index in [0.29, 0.717) is 5.02 Å². The fourth-order valence-corrected chi connectivity index (χ4v) is 7.99. The summed E-state index contributed by atoms with van der Waals surface area (Å²) in [6.45, 7) is 0. The number of halogens is 1. The molecule has 0 N–H and O–H groups in total. The zero-order valence-electron chi connectivity index (χ0n) is 25.2. The largest absolute Gasteiger partial charge is 0.456 e. The van der Waals surface area contributed by atoms with E-state index in [-0.39, 0.29) is 0 Å². The van der Waals surface area contributed by atoms with Gasteiger partial charge in [0.05, 0.1) is 16.1 Å². The summed E-state index contributed by atoms with van der Waals surface area (Å²) in [5.41, 5.74) is 9.79. The molecule has 0 fully saturated rings. The van der Waals surface area contributed by atoms with Crippen LogP contribution in [0.2, 0.25) is 5.02 Å². The lowest BCUT2D eigenvalue weighted by atomic mass is 9.85. The standard InChI is InChI=1S/C44H26ClNO/c45-37-24-28(26-41-44(37)36-19-9-11-21-40(36)47-41)43-34-17-6-4-15-32(34)42(33-16-5-7-18-35(33)43)27-22-23-31-30-14-8-10-20-38(30)46(39(31)25-27)29-12-2-1-3-13-29/h1-26H. The molecule has 220 valence electrons. The highest BCUT2D eigenvalue weighted by Gasteiger charge is 2.20. The first-order chi connectivity index (χ1) is 23.2. The van der Waals surface area contributed by atoms with E-state index < -0.39 is 0 Å². The Morgan fingerprint density at radius 3 is 1.66 bits per heavy atom. The number of para-hydroxylation sites is 3. The van der Waals surface area contributed by atoms with Crippen LogP contribution in [0, 0.1) is 0 Å². The lowest BCUT2D eigenvalue weighted by molar-refractivity contribution is 0.669. The van der Waals surface area contributed by atoms with Crippen molar-refractivity contribution in [2.75, 3.05) is 0 Å². The van der Waals surface area contributed by atoms with Crippen molar-refractivity contribution < 1.29 is 4.42 Å². The Balaban J connectivity index is 1.29. The summed E-state index contributed by atoms with van der Waals surface area (Å²) >= 11 is 7.05. The van der Waals surface area contributed by atoms with Gasteiger partial charge in [0.25, 0.3) is 0 Å². The molecular weight excluding hydrogens is 594 g/mol. The monoisotopic (exact) mass is 619 g/mol. The molecule has 0 unspecified atom stereocenters. The van der Waals surface area contributed by atoms with Crippen LogP contribution in [-0.4, -0.2) is 4.57 Å². The quantitative estimate of drug-likeness (QED) is 0.180.